The van der Waals surface area contributed by atoms with Gasteiger partial charge in [0.1, 0.15) is 0 Å². The van der Waals surface area contributed by atoms with Gasteiger partial charge in [0.05, 0.1) is 13.0 Å². The number of phenols is 1. The first-order chi connectivity index (χ1) is 7.10. The fraction of sp³-hybridized carbons (Fsp3) is 0.182. The third-order valence-electron chi connectivity index (χ3n) is 2.06. The summed E-state index contributed by atoms with van der Waals surface area (Å²) in [6.45, 7) is 3.45. The summed E-state index contributed by atoms with van der Waals surface area (Å²) in [7, 11) is 1.41. The molecule has 0 aliphatic carbocycles. The number of carbonyl (C=O) groups is 1. The van der Waals surface area contributed by atoms with Gasteiger partial charge in [-0.15, -0.1) is 6.58 Å². The van der Waals surface area contributed by atoms with Crippen LogP contribution in [0.4, 0.5) is 0 Å². The van der Waals surface area contributed by atoms with Gasteiger partial charge in [-0.25, -0.2) is 0 Å². The normalized spacial score (nSPS) is 11.8. The van der Waals surface area contributed by atoms with Gasteiger partial charge in [-0.3, -0.25) is 4.79 Å². The monoisotopic (exact) mass is 208 g/mol. The number of aliphatic carboxylic acids is 1. The van der Waals surface area contributed by atoms with Crippen molar-refractivity contribution in [2.24, 2.45) is 0 Å². The van der Waals surface area contributed by atoms with Crippen LogP contribution in [0.15, 0.2) is 30.9 Å². The average molecular weight is 208 g/mol. The summed E-state index contributed by atoms with van der Waals surface area (Å²) in [4.78, 5) is 10.8. The summed E-state index contributed by atoms with van der Waals surface area (Å²) in [5.41, 5.74) is 0.521. The van der Waals surface area contributed by atoms with Crippen LogP contribution in [0.1, 0.15) is 11.5 Å². The van der Waals surface area contributed by atoms with Gasteiger partial charge in [0.2, 0.25) is 0 Å². The van der Waals surface area contributed by atoms with E-state index in [0.29, 0.717) is 5.56 Å². The number of ether oxygens (including phenoxy) is 1. The lowest BCUT2D eigenvalue weighted by atomic mass is 9.99. The predicted molar refractivity (Wildman–Crippen MR) is 55.2 cm³/mol. The Bertz CT molecular complexity index is 384. The Morgan fingerprint density at radius 1 is 1.60 bits per heavy atom. The number of aromatic hydroxyl groups is 1. The van der Waals surface area contributed by atoms with Crippen LogP contribution >= 0.6 is 0 Å². The van der Waals surface area contributed by atoms with Crippen molar-refractivity contribution >= 4 is 5.97 Å². The highest BCUT2D eigenvalue weighted by Gasteiger charge is 2.17. The van der Waals surface area contributed by atoms with Crippen LogP contribution in [0.3, 0.4) is 0 Å². The maximum atomic E-state index is 10.8. The summed E-state index contributed by atoms with van der Waals surface area (Å²) in [6.07, 6.45) is 1.33. The van der Waals surface area contributed by atoms with Crippen molar-refractivity contribution in [3.05, 3.63) is 36.4 Å². The third kappa shape index (κ3) is 2.28. The van der Waals surface area contributed by atoms with E-state index in [1.165, 1.54) is 31.4 Å². The van der Waals surface area contributed by atoms with Crippen LogP contribution in [0.5, 0.6) is 11.5 Å². The van der Waals surface area contributed by atoms with Crippen molar-refractivity contribution < 1.29 is 19.7 Å². The molecule has 0 spiro atoms. The number of benzene rings is 1. The van der Waals surface area contributed by atoms with Crippen LogP contribution < -0.4 is 4.74 Å². The average Bonchev–Trinajstić information content (AvgIpc) is 2.21. The molecule has 0 saturated carbocycles. The van der Waals surface area contributed by atoms with Gasteiger partial charge in [0.15, 0.2) is 11.5 Å². The quantitative estimate of drug-likeness (QED) is 0.740. The molecular weight excluding hydrogens is 196 g/mol. The number of hydrogen-bond acceptors (Lipinski definition) is 3. The molecule has 0 aliphatic rings. The molecule has 0 amide bonds. The fourth-order valence-corrected chi connectivity index (χ4v) is 1.27. The van der Waals surface area contributed by atoms with Gasteiger partial charge < -0.3 is 14.9 Å². The first-order valence-corrected chi connectivity index (χ1v) is 4.32. The fourth-order valence-electron chi connectivity index (χ4n) is 1.27. The molecule has 0 fully saturated rings. The molecule has 4 heteroatoms. The molecule has 4 nitrogen and oxygen atoms in total. The Balaban J connectivity index is 3.14. The van der Waals surface area contributed by atoms with E-state index in [0.717, 1.165) is 0 Å². The van der Waals surface area contributed by atoms with Crippen LogP contribution in [-0.2, 0) is 4.79 Å². The summed E-state index contributed by atoms with van der Waals surface area (Å²) in [6, 6.07) is 4.40. The molecule has 15 heavy (non-hydrogen) atoms. The molecule has 0 aromatic heterocycles. The number of phenolic OH excluding ortho intramolecular Hbond substituents is 1. The maximum absolute atomic E-state index is 10.8. The molecule has 1 unspecified atom stereocenters. The second-order valence-corrected chi connectivity index (χ2v) is 2.98. The second kappa shape index (κ2) is 4.50. The number of rotatable bonds is 4. The summed E-state index contributed by atoms with van der Waals surface area (Å²) < 4.78 is 4.88. The first kappa shape index (κ1) is 11.1. The summed E-state index contributed by atoms with van der Waals surface area (Å²) >= 11 is 0. The molecule has 1 rings (SSSR count). The Hall–Kier alpha value is -1.97. The molecule has 0 saturated heterocycles. The van der Waals surface area contributed by atoms with Gasteiger partial charge in [0.25, 0.3) is 0 Å². The molecule has 0 bridgehead atoms. The number of carboxylic acid groups (broad SMARTS) is 1. The van der Waals surface area contributed by atoms with Gasteiger partial charge in [-0.05, 0) is 17.7 Å². The van der Waals surface area contributed by atoms with Crippen LogP contribution in [0, 0.1) is 0 Å². The Morgan fingerprint density at radius 3 is 2.73 bits per heavy atom. The lowest BCUT2D eigenvalue weighted by Gasteiger charge is -2.10. The Labute approximate surface area is 87.4 Å². The largest absolute Gasteiger partial charge is 0.504 e. The lowest BCUT2D eigenvalue weighted by Crippen LogP contribution is -2.08. The number of methoxy groups -OCH3 is 1. The number of carboxylic acids is 1. The van der Waals surface area contributed by atoms with E-state index in [1.807, 2.05) is 0 Å². The highest BCUT2D eigenvalue weighted by atomic mass is 16.5. The minimum atomic E-state index is -0.988. The van der Waals surface area contributed by atoms with E-state index in [-0.39, 0.29) is 11.5 Å². The highest BCUT2D eigenvalue weighted by Crippen LogP contribution is 2.30. The molecule has 0 radical (unpaired) electrons. The van der Waals surface area contributed by atoms with E-state index < -0.39 is 11.9 Å². The Morgan fingerprint density at radius 2 is 2.27 bits per heavy atom. The smallest absolute Gasteiger partial charge is 0.314 e. The van der Waals surface area contributed by atoms with Gasteiger partial charge >= 0.3 is 5.97 Å². The molecular formula is C11H12O4. The van der Waals surface area contributed by atoms with Crippen molar-refractivity contribution in [1.29, 1.82) is 0 Å². The zero-order valence-corrected chi connectivity index (χ0v) is 8.30. The Kier molecular flexibility index (Phi) is 3.33. The first-order valence-electron chi connectivity index (χ1n) is 4.32. The summed E-state index contributed by atoms with van der Waals surface area (Å²) in [5, 5.41) is 18.2. The van der Waals surface area contributed by atoms with Gasteiger partial charge in [-0.2, -0.15) is 0 Å². The van der Waals surface area contributed by atoms with Crippen LogP contribution in [0.25, 0.3) is 0 Å². The van der Waals surface area contributed by atoms with Crippen LogP contribution in [-0.4, -0.2) is 23.3 Å². The predicted octanol–water partition coefficient (Wildman–Crippen LogP) is 1.75. The van der Waals surface area contributed by atoms with Crippen LogP contribution in [0.2, 0.25) is 0 Å². The van der Waals surface area contributed by atoms with Crippen molar-refractivity contribution in [1.82, 2.24) is 0 Å². The minimum Gasteiger partial charge on any atom is -0.504 e. The second-order valence-electron chi connectivity index (χ2n) is 2.98. The van der Waals surface area contributed by atoms with Gasteiger partial charge in [-0.1, -0.05) is 12.1 Å². The van der Waals surface area contributed by atoms with Crippen molar-refractivity contribution in [3.8, 4) is 11.5 Å². The topological polar surface area (TPSA) is 66.8 Å². The van der Waals surface area contributed by atoms with E-state index in [9.17, 15) is 9.90 Å². The minimum absolute atomic E-state index is 0.0190. The third-order valence-corrected chi connectivity index (χ3v) is 2.06. The standard InChI is InChI=1S/C11H12O4/c1-3-8(11(13)14)7-4-5-9(12)10(6-7)15-2/h3-6,8,12H,1H2,2H3,(H,13,14). The van der Waals surface area contributed by atoms with Crippen molar-refractivity contribution in [2.75, 3.05) is 7.11 Å². The zero-order chi connectivity index (χ0) is 11.4. The molecule has 80 valence electrons. The van der Waals surface area contributed by atoms with Gasteiger partial charge in [0, 0.05) is 0 Å². The zero-order valence-electron chi connectivity index (χ0n) is 8.30. The molecule has 1 atom stereocenters. The van der Waals surface area contributed by atoms with E-state index in [1.54, 1.807) is 0 Å². The van der Waals surface area contributed by atoms with E-state index in [4.69, 9.17) is 9.84 Å². The van der Waals surface area contributed by atoms with E-state index in [2.05, 4.69) is 6.58 Å². The number of hydrogen-bond donors (Lipinski definition) is 2. The molecule has 0 heterocycles. The SMILES string of the molecule is C=CC(C(=O)O)c1ccc(O)c(OC)c1. The molecule has 0 aliphatic heterocycles. The molecule has 1 aromatic carbocycles. The maximum Gasteiger partial charge on any atom is 0.314 e. The van der Waals surface area contributed by atoms with E-state index >= 15 is 0 Å². The lowest BCUT2D eigenvalue weighted by molar-refractivity contribution is -0.137. The van der Waals surface area contributed by atoms with Crippen molar-refractivity contribution in [3.63, 3.8) is 0 Å². The van der Waals surface area contributed by atoms with Crippen molar-refractivity contribution in [2.45, 2.75) is 5.92 Å². The highest BCUT2D eigenvalue weighted by molar-refractivity contribution is 5.78. The summed E-state index contributed by atoms with van der Waals surface area (Å²) in [5.74, 6) is -1.55. The molecule has 1 aromatic rings. The molecule has 2 N–H and O–H groups in total.